The molecule has 0 spiro atoms. The number of hydrogen-bond donors (Lipinski definition) is 0. The molecule has 0 amide bonds. The zero-order valence-electron chi connectivity index (χ0n) is 11.0. The Bertz CT molecular complexity index is 690. The molecule has 0 saturated heterocycles. The zero-order chi connectivity index (χ0) is 13.2. The van der Waals surface area contributed by atoms with Gasteiger partial charge in [-0.25, -0.2) is 0 Å². The van der Waals surface area contributed by atoms with E-state index in [1.165, 1.54) is 5.56 Å². The van der Waals surface area contributed by atoms with Crippen LogP contribution in [0.3, 0.4) is 0 Å². The van der Waals surface area contributed by atoms with Crippen LogP contribution in [-0.4, -0.2) is 14.2 Å². The number of benzene rings is 2. The van der Waals surface area contributed by atoms with E-state index in [0.29, 0.717) is 0 Å². The maximum absolute atomic E-state index is 5.48. The summed E-state index contributed by atoms with van der Waals surface area (Å²) in [7, 11) is 3.33. The Morgan fingerprint density at radius 1 is 0.947 bits per heavy atom. The van der Waals surface area contributed by atoms with Gasteiger partial charge in [-0.2, -0.15) is 0 Å². The quantitative estimate of drug-likeness (QED) is 0.651. The van der Waals surface area contributed by atoms with Gasteiger partial charge in [-0.05, 0) is 17.7 Å². The average Bonchev–Trinajstić information content (AvgIpc) is 2.65. The van der Waals surface area contributed by atoms with Crippen LogP contribution < -0.4 is 9.47 Å². The van der Waals surface area contributed by atoms with Crippen molar-refractivity contribution in [3.8, 4) is 23.3 Å². The molecule has 0 aromatic heterocycles. The van der Waals surface area contributed by atoms with Crippen LogP contribution in [-0.2, 0) is 6.42 Å². The van der Waals surface area contributed by atoms with Crippen LogP contribution >= 0.6 is 0 Å². The molecular weight excluding hydrogens is 236 g/mol. The normalized spacial score (nSPS) is 11.5. The van der Waals surface area contributed by atoms with E-state index in [-0.39, 0.29) is 0 Å². The van der Waals surface area contributed by atoms with E-state index in [2.05, 4.69) is 24.0 Å². The molecule has 0 bridgehead atoms. The van der Waals surface area contributed by atoms with Gasteiger partial charge >= 0.3 is 0 Å². The number of ether oxygens (including phenoxy) is 2. The lowest BCUT2D eigenvalue weighted by Crippen LogP contribution is -1.98. The van der Waals surface area contributed by atoms with Crippen molar-refractivity contribution >= 4 is 0 Å². The van der Waals surface area contributed by atoms with Gasteiger partial charge in [-0.3, -0.25) is 0 Å². The second-order valence-electron chi connectivity index (χ2n) is 4.44. The average molecular weight is 250 g/mol. The highest BCUT2D eigenvalue weighted by atomic mass is 16.5. The van der Waals surface area contributed by atoms with Crippen molar-refractivity contribution in [2.75, 3.05) is 14.2 Å². The molecule has 1 aliphatic carbocycles. The number of rotatable bonds is 2. The van der Waals surface area contributed by atoms with Crippen LogP contribution in [0.15, 0.2) is 36.4 Å². The van der Waals surface area contributed by atoms with Gasteiger partial charge in [0.1, 0.15) is 11.5 Å². The maximum Gasteiger partial charge on any atom is 0.127 e. The molecule has 0 heterocycles. The van der Waals surface area contributed by atoms with Crippen LogP contribution in [0.1, 0.15) is 22.3 Å². The van der Waals surface area contributed by atoms with Crippen molar-refractivity contribution in [2.24, 2.45) is 0 Å². The molecule has 94 valence electrons. The zero-order valence-corrected chi connectivity index (χ0v) is 11.0. The minimum atomic E-state index is 0.774. The monoisotopic (exact) mass is 250 g/mol. The lowest BCUT2D eigenvalue weighted by Gasteiger charge is -2.12. The third kappa shape index (κ3) is 2.04. The summed E-state index contributed by atoms with van der Waals surface area (Å²) < 4.78 is 10.8. The Morgan fingerprint density at radius 2 is 1.74 bits per heavy atom. The van der Waals surface area contributed by atoms with Gasteiger partial charge in [0.25, 0.3) is 0 Å². The van der Waals surface area contributed by atoms with Crippen LogP contribution in [0.4, 0.5) is 0 Å². The van der Waals surface area contributed by atoms with E-state index in [1.54, 1.807) is 14.2 Å². The summed E-state index contributed by atoms with van der Waals surface area (Å²) in [6.07, 6.45) is 0.818. The topological polar surface area (TPSA) is 18.5 Å². The third-order valence-corrected chi connectivity index (χ3v) is 3.35. The SMILES string of the molecule is COc1cc2c(c(OC)c1)Cc1ccccc1C#C2. The summed E-state index contributed by atoms with van der Waals surface area (Å²) in [6.45, 7) is 0. The van der Waals surface area contributed by atoms with Gasteiger partial charge in [-0.15, -0.1) is 0 Å². The Kier molecular flexibility index (Phi) is 2.89. The van der Waals surface area contributed by atoms with E-state index in [0.717, 1.165) is 34.6 Å². The van der Waals surface area contributed by atoms with Crippen molar-refractivity contribution in [1.29, 1.82) is 0 Å². The van der Waals surface area contributed by atoms with Gasteiger partial charge in [0.15, 0.2) is 0 Å². The van der Waals surface area contributed by atoms with Crippen molar-refractivity contribution in [3.05, 3.63) is 58.7 Å². The minimum Gasteiger partial charge on any atom is -0.497 e. The highest BCUT2D eigenvalue weighted by molar-refractivity contribution is 5.60. The third-order valence-electron chi connectivity index (χ3n) is 3.35. The fourth-order valence-electron chi connectivity index (χ4n) is 2.34. The smallest absolute Gasteiger partial charge is 0.127 e. The van der Waals surface area contributed by atoms with Crippen molar-refractivity contribution < 1.29 is 9.47 Å². The maximum atomic E-state index is 5.48. The number of hydrogen-bond acceptors (Lipinski definition) is 2. The van der Waals surface area contributed by atoms with Gasteiger partial charge in [-0.1, -0.05) is 30.0 Å². The van der Waals surface area contributed by atoms with Crippen LogP contribution in [0.5, 0.6) is 11.5 Å². The molecule has 19 heavy (non-hydrogen) atoms. The van der Waals surface area contributed by atoms with E-state index in [4.69, 9.17) is 9.47 Å². The molecule has 0 radical (unpaired) electrons. The first-order valence-corrected chi connectivity index (χ1v) is 6.16. The summed E-state index contributed by atoms with van der Waals surface area (Å²) in [5, 5.41) is 0. The second-order valence-corrected chi connectivity index (χ2v) is 4.44. The van der Waals surface area contributed by atoms with Crippen molar-refractivity contribution in [3.63, 3.8) is 0 Å². The molecule has 0 atom stereocenters. The molecule has 2 nitrogen and oxygen atoms in total. The predicted octanol–water partition coefficient (Wildman–Crippen LogP) is 3.01. The molecule has 2 heteroatoms. The van der Waals surface area contributed by atoms with E-state index in [1.807, 2.05) is 24.3 Å². The van der Waals surface area contributed by atoms with E-state index < -0.39 is 0 Å². The minimum absolute atomic E-state index is 0.774. The molecule has 2 aromatic rings. The molecular formula is C17H14O2. The summed E-state index contributed by atoms with van der Waals surface area (Å²) in [5.41, 5.74) is 4.42. The van der Waals surface area contributed by atoms with Crippen molar-refractivity contribution in [1.82, 2.24) is 0 Å². The van der Waals surface area contributed by atoms with E-state index >= 15 is 0 Å². The Hall–Kier alpha value is -2.40. The van der Waals surface area contributed by atoms with Gasteiger partial charge in [0, 0.05) is 29.2 Å². The first-order valence-electron chi connectivity index (χ1n) is 6.16. The lowest BCUT2D eigenvalue weighted by atomic mass is 9.98. The molecule has 0 N–H and O–H groups in total. The standard InChI is InChI=1S/C17H14O2/c1-18-15-9-14-8-7-12-5-3-4-6-13(12)10-16(14)17(11-15)19-2/h3-6,9,11H,10H2,1-2H3. The lowest BCUT2D eigenvalue weighted by molar-refractivity contribution is 0.391. The summed E-state index contributed by atoms with van der Waals surface area (Å²) >= 11 is 0. The predicted molar refractivity (Wildman–Crippen MR) is 74.8 cm³/mol. The van der Waals surface area contributed by atoms with Crippen LogP contribution in [0.25, 0.3) is 0 Å². The largest absolute Gasteiger partial charge is 0.497 e. The van der Waals surface area contributed by atoms with Crippen LogP contribution in [0, 0.1) is 11.8 Å². The van der Waals surface area contributed by atoms with Gasteiger partial charge in [0.2, 0.25) is 0 Å². The second kappa shape index (κ2) is 4.70. The van der Waals surface area contributed by atoms with Gasteiger partial charge in [0.05, 0.1) is 14.2 Å². The highest BCUT2D eigenvalue weighted by Crippen LogP contribution is 2.32. The molecule has 0 fully saturated rings. The van der Waals surface area contributed by atoms with Crippen molar-refractivity contribution in [2.45, 2.75) is 6.42 Å². The Balaban J connectivity index is 2.20. The molecule has 0 unspecified atom stereocenters. The molecule has 0 saturated carbocycles. The Morgan fingerprint density at radius 3 is 2.53 bits per heavy atom. The summed E-state index contributed by atoms with van der Waals surface area (Å²) in [6, 6.07) is 12.1. The molecule has 1 aliphatic rings. The number of methoxy groups -OCH3 is 2. The van der Waals surface area contributed by atoms with Crippen LogP contribution in [0.2, 0.25) is 0 Å². The highest BCUT2D eigenvalue weighted by Gasteiger charge is 2.15. The molecule has 0 aliphatic heterocycles. The fraction of sp³-hybridized carbons (Fsp3) is 0.176. The fourth-order valence-corrected chi connectivity index (χ4v) is 2.34. The molecule has 2 aromatic carbocycles. The molecule has 3 rings (SSSR count). The Labute approximate surface area is 113 Å². The summed E-state index contributed by atoms with van der Waals surface area (Å²) in [4.78, 5) is 0. The summed E-state index contributed by atoms with van der Waals surface area (Å²) in [5.74, 6) is 8.05. The first kappa shape index (κ1) is 11.7. The van der Waals surface area contributed by atoms with Gasteiger partial charge < -0.3 is 9.47 Å². The number of fused-ring (bicyclic) bond motifs is 2. The first-order chi connectivity index (χ1) is 9.31. The van der Waals surface area contributed by atoms with E-state index in [9.17, 15) is 0 Å².